The zero-order valence-corrected chi connectivity index (χ0v) is 12.6. The summed E-state index contributed by atoms with van der Waals surface area (Å²) in [4.78, 5) is 23.5. The Balaban J connectivity index is 1.97. The van der Waals surface area contributed by atoms with Gasteiger partial charge in [0.15, 0.2) is 0 Å². The molecule has 0 aliphatic rings. The topological polar surface area (TPSA) is 66.4 Å². The molecule has 20 heavy (non-hydrogen) atoms. The minimum absolute atomic E-state index is 0.00896. The fourth-order valence-electron chi connectivity index (χ4n) is 1.93. The maximum atomic E-state index is 12.2. The molecule has 0 aliphatic heterocycles. The molecular formula is C14H15NO3S2. The van der Waals surface area contributed by atoms with E-state index in [-0.39, 0.29) is 18.4 Å². The molecule has 2 aromatic heterocycles. The molecule has 6 heteroatoms. The maximum absolute atomic E-state index is 12.2. The molecule has 2 aromatic rings. The van der Waals surface area contributed by atoms with Crippen molar-refractivity contribution in [3.05, 3.63) is 44.3 Å². The van der Waals surface area contributed by atoms with Crippen molar-refractivity contribution in [1.29, 1.82) is 0 Å². The quantitative estimate of drug-likeness (QED) is 0.862. The summed E-state index contributed by atoms with van der Waals surface area (Å²) in [6, 6.07) is 3.72. The Morgan fingerprint density at radius 1 is 1.35 bits per heavy atom. The molecule has 2 rings (SSSR count). The highest BCUT2D eigenvalue weighted by atomic mass is 32.1. The lowest BCUT2D eigenvalue weighted by Crippen LogP contribution is -2.34. The second-order valence-electron chi connectivity index (χ2n) is 4.54. The molecule has 0 radical (unpaired) electrons. The number of rotatable bonds is 6. The van der Waals surface area contributed by atoms with Gasteiger partial charge in [0, 0.05) is 10.9 Å². The van der Waals surface area contributed by atoms with Crippen LogP contribution in [0.15, 0.2) is 28.3 Å². The Bertz CT molecular complexity index is 589. The van der Waals surface area contributed by atoms with Crippen LogP contribution in [0.2, 0.25) is 0 Å². The van der Waals surface area contributed by atoms with Crippen molar-refractivity contribution in [2.75, 3.05) is 0 Å². The van der Waals surface area contributed by atoms with Crippen LogP contribution in [0.4, 0.5) is 0 Å². The van der Waals surface area contributed by atoms with Gasteiger partial charge in [-0.05, 0) is 47.2 Å². The Kier molecular flexibility index (Phi) is 4.92. The standard InChI is InChI=1S/C14H15NO3S2/c1-9(6-10-2-4-19-8-10)15-14(18)11-3-5-20-12(11)7-13(16)17/h2-5,8-9H,6-7H2,1H3,(H,15,18)(H,16,17). The number of carbonyl (C=O) groups excluding carboxylic acids is 1. The summed E-state index contributed by atoms with van der Waals surface area (Å²) in [6.07, 6.45) is 0.660. The minimum Gasteiger partial charge on any atom is -0.481 e. The van der Waals surface area contributed by atoms with Gasteiger partial charge in [-0.1, -0.05) is 0 Å². The molecule has 0 spiro atoms. The summed E-state index contributed by atoms with van der Waals surface area (Å²) in [5.41, 5.74) is 1.66. The number of carboxylic acids is 1. The second-order valence-corrected chi connectivity index (χ2v) is 6.32. The van der Waals surface area contributed by atoms with Gasteiger partial charge in [0.1, 0.15) is 0 Å². The van der Waals surface area contributed by atoms with Crippen LogP contribution >= 0.6 is 22.7 Å². The Morgan fingerprint density at radius 2 is 2.15 bits per heavy atom. The van der Waals surface area contributed by atoms with Crippen LogP contribution < -0.4 is 5.32 Å². The van der Waals surface area contributed by atoms with Crippen molar-refractivity contribution in [3.8, 4) is 0 Å². The van der Waals surface area contributed by atoms with Crippen molar-refractivity contribution in [1.82, 2.24) is 5.32 Å². The molecule has 0 aromatic carbocycles. The summed E-state index contributed by atoms with van der Waals surface area (Å²) in [5, 5.41) is 17.5. The number of hydrogen-bond acceptors (Lipinski definition) is 4. The van der Waals surface area contributed by atoms with Crippen molar-refractivity contribution >= 4 is 34.6 Å². The smallest absolute Gasteiger partial charge is 0.308 e. The monoisotopic (exact) mass is 309 g/mol. The molecule has 0 bridgehead atoms. The van der Waals surface area contributed by atoms with E-state index in [4.69, 9.17) is 5.11 Å². The summed E-state index contributed by atoms with van der Waals surface area (Å²) in [6.45, 7) is 1.94. The first-order valence-corrected chi connectivity index (χ1v) is 7.98. The summed E-state index contributed by atoms with van der Waals surface area (Å²) < 4.78 is 0. The predicted molar refractivity (Wildman–Crippen MR) is 80.6 cm³/mol. The van der Waals surface area contributed by atoms with Crippen molar-refractivity contribution < 1.29 is 14.7 Å². The van der Waals surface area contributed by atoms with Crippen LogP contribution in [0.3, 0.4) is 0 Å². The number of nitrogens with one attached hydrogen (secondary N) is 1. The molecule has 0 aliphatic carbocycles. The van der Waals surface area contributed by atoms with Crippen LogP contribution in [-0.4, -0.2) is 23.0 Å². The highest BCUT2D eigenvalue weighted by Crippen LogP contribution is 2.18. The van der Waals surface area contributed by atoms with Gasteiger partial charge >= 0.3 is 5.97 Å². The first-order chi connectivity index (χ1) is 9.56. The first-order valence-electron chi connectivity index (χ1n) is 6.16. The van der Waals surface area contributed by atoms with Gasteiger partial charge in [-0.2, -0.15) is 11.3 Å². The van der Waals surface area contributed by atoms with E-state index in [0.717, 1.165) is 6.42 Å². The highest BCUT2D eigenvalue weighted by Gasteiger charge is 2.17. The van der Waals surface area contributed by atoms with Crippen LogP contribution in [0, 0.1) is 0 Å². The van der Waals surface area contributed by atoms with E-state index in [0.29, 0.717) is 10.4 Å². The number of aliphatic carboxylic acids is 1. The molecule has 1 amide bonds. The number of hydrogen-bond donors (Lipinski definition) is 2. The lowest BCUT2D eigenvalue weighted by atomic mass is 10.1. The van der Waals surface area contributed by atoms with Gasteiger partial charge in [-0.25, -0.2) is 0 Å². The third-order valence-corrected chi connectivity index (χ3v) is 4.45. The third-order valence-electron chi connectivity index (χ3n) is 2.80. The highest BCUT2D eigenvalue weighted by molar-refractivity contribution is 7.10. The fraction of sp³-hybridized carbons (Fsp3) is 0.286. The Labute approximate surface area is 125 Å². The van der Waals surface area contributed by atoms with Crippen molar-refractivity contribution in [2.45, 2.75) is 25.8 Å². The number of thiophene rings is 2. The van der Waals surface area contributed by atoms with Gasteiger partial charge < -0.3 is 10.4 Å². The number of carboxylic acid groups (broad SMARTS) is 1. The lowest BCUT2D eigenvalue weighted by molar-refractivity contribution is -0.136. The summed E-state index contributed by atoms with van der Waals surface area (Å²) in [7, 11) is 0. The average Bonchev–Trinajstić information content (AvgIpc) is 2.99. The van der Waals surface area contributed by atoms with E-state index < -0.39 is 5.97 Å². The zero-order chi connectivity index (χ0) is 14.5. The van der Waals surface area contributed by atoms with Gasteiger partial charge in [0.05, 0.1) is 12.0 Å². The first kappa shape index (κ1) is 14.7. The lowest BCUT2D eigenvalue weighted by Gasteiger charge is -2.13. The number of carbonyl (C=O) groups is 2. The molecule has 0 saturated heterocycles. The normalized spacial score (nSPS) is 12.1. The molecule has 2 N–H and O–H groups in total. The predicted octanol–water partition coefficient (Wildman–Crippen LogP) is 2.80. The van der Waals surface area contributed by atoms with Crippen LogP contribution in [-0.2, 0) is 17.6 Å². The zero-order valence-electron chi connectivity index (χ0n) is 11.0. The van der Waals surface area contributed by atoms with Crippen LogP contribution in [0.1, 0.15) is 27.7 Å². The van der Waals surface area contributed by atoms with Gasteiger partial charge in [0.25, 0.3) is 5.91 Å². The molecule has 0 saturated carbocycles. The van der Waals surface area contributed by atoms with E-state index >= 15 is 0 Å². The Morgan fingerprint density at radius 3 is 2.80 bits per heavy atom. The molecule has 106 valence electrons. The van der Waals surface area contributed by atoms with E-state index in [1.54, 1.807) is 22.8 Å². The van der Waals surface area contributed by atoms with Gasteiger partial charge in [-0.15, -0.1) is 11.3 Å². The van der Waals surface area contributed by atoms with Gasteiger partial charge in [0.2, 0.25) is 0 Å². The van der Waals surface area contributed by atoms with Gasteiger partial charge in [-0.3, -0.25) is 9.59 Å². The van der Waals surface area contributed by atoms with Crippen molar-refractivity contribution in [3.63, 3.8) is 0 Å². The average molecular weight is 309 g/mol. The second kappa shape index (κ2) is 6.67. The SMILES string of the molecule is CC(Cc1ccsc1)NC(=O)c1ccsc1CC(=O)O. The van der Waals surface area contributed by atoms with Crippen molar-refractivity contribution in [2.24, 2.45) is 0 Å². The molecule has 1 atom stereocenters. The summed E-state index contributed by atoms with van der Waals surface area (Å²) in [5.74, 6) is -1.13. The van der Waals surface area contributed by atoms with E-state index in [1.165, 1.54) is 16.9 Å². The van der Waals surface area contributed by atoms with E-state index in [9.17, 15) is 9.59 Å². The molecule has 4 nitrogen and oxygen atoms in total. The maximum Gasteiger partial charge on any atom is 0.308 e. The summed E-state index contributed by atoms with van der Waals surface area (Å²) >= 11 is 2.93. The van der Waals surface area contributed by atoms with E-state index in [1.807, 2.05) is 18.4 Å². The number of amides is 1. The Hall–Kier alpha value is -1.66. The fourth-order valence-corrected chi connectivity index (χ4v) is 3.48. The largest absolute Gasteiger partial charge is 0.481 e. The minimum atomic E-state index is -0.923. The molecule has 1 unspecified atom stereocenters. The van der Waals surface area contributed by atoms with E-state index in [2.05, 4.69) is 10.7 Å². The van der Waals surface area contributed by atoms with Crippen LogP contribution in [0.25, 0.3) is 0 Å². The van der Waals surface area contributed by atoms with Crippen LogP contribution in [0.5, 0.6) is 0 Å². The molecule has 2 heterocycles. The molecule has 0 fully saturated rings. The third kappa shape index (κ3) is 3.91. The molecular weight excluding hydrogens is 294 g/mol.